The van der Waals surface area contributed by atoms with E-state index in [1.807, 2.05) is 18.6 Å². The molecular formula is C21H24FN5. The van der Waals surface area contributed by atoms with Crippen LogP contribution in [0.25, 0.3) is 11.3 Å². The molecule has 2 aromatic heterocycles. The quantitative estimate of drug-likeness (QED) is 0.754. The molecule has 27 heavy (non-hydrogen) atoms. The third kappa shape index (κ3) is 4.59. The van der Waals surface area contributed by atoms with E-state index in [1.165, 1.54) is 17.7 Å². The molecule has 1 fully saturated rings. The number of aromatic amines is 1. The van der Waals surface area contributed by atoms with Crippen LogP contribution in [0.2, 0.25) is 0 Å². The molecule has 0 spiro atoms. The highest BCUT2D eigenvalue weighted by Gasteiger charge is 2.17. The number of aromatic nitrogens is 3. The summed E-state index contributed by atoms with van der Waals surface area (Å²) in [4.78, 5) is 9.07. The molecule has 0 amide bonds. The summed E-state index contributed by atoms with van der Waals surface area (Å²) in [5.41, 5.74) is 4.42. The van der Waals surface area contributed by atoms with Crippen LogP contribution < -0.4 is 0 Å². The number of nitrogens with one attached hydrogen (secondary N) is 1. The molecule has 140 valence electrons. The van der Waals surface area contributed by atoms with Gasteiger partial charge in [0.15, 0.2) is 0 Å². The molecule has 3 aromatic rings. The number of pyridine rings is 1. The first-order chi connectivity index (χ1) is 13.3. The van der Waals surface area contributed by atoms with Crippen LogP contribution >= 0.6 is 0 Å². The lowest BCUT2D eigenvalue weighted by molar-refractivity contribution is 0.247. The van der Waals surface area contributed by atoms with Gasteiger partial charge < -0.3 is 0 Å². The summed E-state index contributed by atoms with van der Waals surface area (Å²) >= 11 is 0. The van der Waals surface area contributed by atoms with Crippen LogP contribution in [-0.4, -0.2) is 51.2 Å². The van der Waals surface area contributed by atoms with Gasteiger partial charge in [0, 0.05) is 49.7 Å². The van der Waals surface area contributed by atoms with Crippen LogP contribution in [0.15, 0.2) is 55.0 Å². The van der Waals surface area contributed by atoms with Crippen molar-refractivity contribution in [1.29, 1.82) is 0 Å². The summed E-state index contributed by atoms with van der Waals surface area (Å²) in [5, 5.41) is 7.29. The number of halogens is 1. The SMILES string of the molecule is Fc1ccc(-c2[nH]ncc2CN2CCCN(Cc3ccncc3)CC2)cc1. The summed E-state index contributed by atoms with van der Waals surface area (Å²) in [5.74, 6) is -0.221. The molecule has 0 bridgehead atoms. The predicted octanol–water partition coefficient (Wildman–Crippen LogP) is 3.32. The zero-order chi connectivity index (χ0) is 18.5. The Morgan fingerprint density at radius 1 is 0.889 bits per heavy atom. The van der Waals surface area contributed by atoms with Crippen molar-refractivity contribution in [1.82, 2.24) is 25.0 Å². The van der Waals surface area contributed by atoms with E-state index in [4.69, 9.17) is 0 Å². The Balaban J connectivity index is 1.38. The monoisotopic (exact) mass is 365 g/mol. The van der Waals surface area contributed by atoms with Crippen molar-refractivity contribution < 1.29 is 4.39 Å². The largest absolute Gasteiger partial charge is 0.298 e. The van der Waals surface area contributed by atoms with E-state index in [9.17, 15) is 4.39 Å². The van der Waals surface area contributed by atoms with Crippen molar-refractivity contribution in [2.75, 3.05) is 26.2 Å². The van der Waals surface area contributed by atoms with Crippen molar-refractivity contribution >= 4 is 0 Å². The van der Waals surface area contributed by atoms with Gasteiger partial charge in [0.05, 0.1) is 11.9 Å². The summed E-state index contributed by atoms with van der Waals surface area (Å²) < 4.78 is 13.2. The van der Waals surface area contributed by atoms with E-state index in [0.717, 1.165) is 62.5 Å². The van der Waals surface area contributed by atoms with Gasteiger partial charge in [0.25, 0.3) is 0 Å². The molecule has 1 aromatic carbocycles. The lowest BCUT2D eigenvalue weighted by Gasteiger charge is -2.22. The van der Waals surface area contributed by atoms with E-state index in [1.54, 1.807) is 12.1 Å². The van der Waals surface area contributed by atoms with Gasteiger partial charge in [0.1, 0.15) is 5.82 Å². The molecule has 6 heteroatoms. The topological polar surface area (TPSA) is 48.1 Å². The zero-order valence-corrected chi connectivity index (χ0v) is 15.3. The Morgan fingerprint density at radius 3 is 2.33 bits per heavy atom. The lowest BCUT2D eigenvalue weighted by atomic mass is 10.1. The summed E-state index contributed by atoms with van der Waals surface area (Å²) in [6, 6.07) is 10.7. The van der Waals surface area contributed by atoms with Gasteiger partial charge in [-0.25, -0.2) is 4.39 Å². The first-order valence-corrected chi connectivity index (χ1v) is 9.40. The van der Waals surface area contributed by atoms with Crippen LogP contribution in [-0.2, 0) is 13.1 Å². The molecule has 0 atom stereocenters. The first-order valence-electron chi connectivity index (χ1n) is 9.40. The van der Waals surface area contributed by atoms with Crippen molar-refractivity contribution in [3.63, 3.8) is 0 Å². The highest BCUT2D eigenvalue weighted by atomic mass is 19.1. The van der Waals surface area contributed by atoms with Crippen molar-refractivity contribution in [2.24, 2.45) is 0 Å². The van der Waals surface area contributed by atoms with E-state index in [0.29, 0.717) is 0 Å². The zero-order valence-electron chi connectivity index (χ0n) is 15.3. The third-order valence-electron chi connectivity index (χ3n) is 5.08. The average Bonchev–Trinajstić information content (AvgIpc) is 3.04. The molecule has 3 heterocycles. The second kappa shape index (κ2) is 8.41. The Labute approximate surface area is 158 Å². The molecule has 1 N–H and O–H groups in total. The molecule has 1 aliphatic rings. The number of hydrogen-bond acceptors (Lipinski definition) is 4. The first kappa shape index (κ1) is 17.8. The van der Waals surface area contributed by atoms with E-state index >= 15 is 0 Å². The highest BCUT2D eigenvalue weighted by molar-refractivity contribution is 5.62. The fraction of sp³-hybridized carbons (Fsp3) is 0.333. The van der Waals surface area contributed by atoms with Crippen LogP contribution in [0.1, 0.15) is 17.5 Å². The smallest absolute Gasteiger partial charge is 0.123 e. The van der Waals surface area contributed by atoms with Crippen LogP contribution in [0.3, 0.4) is 0 Å². The van der Waals surface area contributed by atoms with E-state index in [-0.39, 0.29) is 5.82 Å². The maximum atomic E-state index is 13.2. The molecule has 0 saturated carbocycles. The van der Waals surface area contributed by atoms with Crippen molar-refractivity contribution in [3.05, 3.63) is 71.9 Å². The average molecular weight is 365 g/mol. The molecule has 4 rings (SSSR count). The van der Waals surface area contributed by atoms with Crippen LogP contribution in [0.4, 0.5) is 4.39 Å². The number of H-pyrrole nitrogens is 1. The lowest BCUT2D eigenvalue weighted by Crippen LogP contribution is -2.30. The summed E-state index contributed by atoms with van der Waals surface area (Å²) in [6.07, 6.45) is 6.75. The van der Waals surface area contributed by atoms with Gasteiger partial charge in [-0.05, 0) is 61.5 Å². The number of benzene rings is 1. The highest BCUT2D eigenvalue weighted by Crippen LogP contribution is 2.23. The minimum absolute atomic E-state index is 0.221. The van der Waals surface area contributed by atoms with Gasteiger partial charge in [-0.3, -0.25) is 19.9 Å². The number of rotatable bonds is 5. The van der Waals surface area contributed by atoms with E-state index in [2.05, 4.69) is 37.1 Å². The normalized spacial score (nSPS) is 16.3. The molecule has 0 aliphatic carbocycles. The summed E-state index contributed by atoms with van der Waals surface area (Å²) in [6.45, 7) is 6.08. The standard InChI is InChI=1S/C21H24FN5/c22-20-4-2-18(3-5-20)21-19(14-24-25-21)16-27-11-1-10-26(12-13-27)15-17-6-8-23-9-7-17/h2-9,14H,1,10-13,15-16H2,(H,24,25). The molecule has 0 unspecified atom stereocenters. The third-order valence-corrected chi connectivity index (χ3v) is 5.08. The van der Waals surface area contributed by atoms with Crippen molar-refractivity contribution in [2.45, 2.75) is 19.5 Å². The van der Waals surface area contributed by atoms with Gasteiger partial charge in [-0.1, -0.05) is 0 Å². The maximum Gasteiger partial charge on any atom is 0.123 e. The molecule has 1 aliphatic heterocycles. The Hall–Kier alpha value is -2.57. The van der Waals surface area contributed by atoms with Crippen molar-refractivity contribution in [3.8, 4) is 11.3 Å². The fourth-order valence-corrected chi connectivity index (χ4v) is 3.63. The molecule has 1 saturated heterocycles. The second-order valence-electron chi connectivity index (χ2n) is 7.04. The molecule has 5 nitrogen and oxygen atoms in total. The van der Waals surface area contributed by atoms with Gasteiger partial charge in [-0.2, -0.15) is 5.10 Å². The van der Waals surface area contributed by atoms with Crippen LogP contribution in [0, 0.1) is 5.82 Å². The Morgan fingerprint density at radius 2 is 1.59 bits per heavy atom. The Bertz CT molecular complexity index is 847. The Kier molecular flexibility index (Phi) is 5.55. The minimum Gasteiger partial charge on any atom is -0.298 e. The van der Waals surface area contributed by atoms with Gasteiger partial charge in [0.2, 0.25) is 0 Å². The molecular weight excluding hydrogens is 341 g/mol. The fourth-order valence-electron chi connectivity index (χ4n) is 3.63. The van der Waals surface area contributed by atoms with Gasteiger partial charge >= 0.3 is 0 Å². The maximum absolute atomic E-state index is 13.2. The second-order valence-corrected chi connectivity index (χ2v) is 7.04. The number of hydrogen-bond donors (Lipinski definition) is 1. The summed E-state index contributed by atoms with van der Waals surface area (Å²) in [7, 11) is 0. The predicted molar refractivity (Wildman–Crippen MR) is 103 cm³/mol. The number of nitrogens with zero attached hydrogens (tertiary/aromatic N) is 4. The van der Waals surface area contributed by atoms with Crippen LogP contribution in [0.5, 0.6) is 0 Å². The van der Waals surface area contributed by atoms with E-state index < -0.39 is 0 Å². The van der Waals surface area contributed by atoms with Gasteiger partial charge in [-0.15, -0.1) is 0 Å². The minimum atomic E-state index is -0.221. The molecule has 0 radical (unpaired) electrons.